The van der Waals surface area contributed by atoms with Crippen molar-refractivity contribution in [3.63, 3.8) is 0 Å². The normalized spacial score (nSPS) is 27.2. The molecule has 0 spiro atoms. The summed E-state index contributed by atoms with van der Waals surface area (Å²) in [5.41, 5.74) is 1.51. The molecule has 0 bridgehead atoms. The highest BCUT2D eigenvalue weighted by Gasteiger charge is 2.39. The van der Waals surface area contributed by atoms with Crippen molar-refractivity contribution in [2.24, 2.45) is 5.92 Å². The third-order valence-electron chi connectivity index (χ3n) is 6.88. The number of nitrogens with one attached hydrogen (secondary N) is 1. The van der Waals surface area contributed by atoms with Gasteiger partial charge in [-0.05, 0) is 68.3 Å². The summed E-state index contributed by atoms with van der Waals surface area (Å²) in [4.78, 5) is 40.6. The smallest absolute Gasteiger partial charge is 0.255 e. The van der Waals surface area contributed by atoms with Gasteiger partial charge in [0.25, 0.3) is 5.91 Å². The molecule has 3 fully saturated rings. The van der Waals surface area contributed by atoms with Crippen LogP contribution in [0.2, 0.25) is 0 Å². The van der Waals surface area contributed by atoms with Crippen molar-refractivity contribution in [3.05, 3.63) is 29.3 Å². The van der Waals surface area contributed by atoms with E-state index in [0.29, 0.717) is 31.2 Å². The van der Waals surface area contributed by atoms with Crippen LogP contribution in [0.15, 0.2) is 18.2 Å². The van der Waals surface area contributed by atoms with Crippen LogP contribution < -0.4 is 10.1 Å². The summed E-state index contributed by atoms with van der Waals surface area (Å²) in [5, 5.41) is 2.34. The zero-order chi connectivity index (χ0) is 20.7. The maximum Gasteiger partial charge on any atom is 0.255 e. The molecule has 30 heavy (non-hydrogen) atoms. The second-order valence-corrected chi connectivity index (χ2v) is 9.12. The van der Waals surface area contributed by atoms with Crippen LogP contribution in [-0.2, 0) is 16.1 Å². The van der Waals surface area contributed by atoms with Crippen LogP contribution in [0.25, 0.3) is 0 Å². The van der Waals surface area contributed by atoms with Crippen molar-refractivity contribution < 1.29 is 19.1 Å². The highest BCUT2D eigenvalue weighted by atomic mass is 16.5. The summed E-state index contributed by atoms with van der Waals surface area (Å²) in [6.07, 6.45) is 7.10. The lowest BCUT2D eigenvalue weighted by molar-refractivity contribution is -0.136. The van der Waals surface area contributed by atoms with Gasteiger partial charge in [-0.25, -0.2) is 0 Å². The number of hydrogen-bond acceptors (Lipinski definition) is 5. The van der Waals surface area contributed by atoms with E-state index in [0.717, 1.165) is 17.2 Å². The summed E-state index contributed by atoms with van der Waals surface area (Å²) in [6.45, 7) is 3.43. The van der Waals surface area contributed by atoms with E-state index in [1.54, 1.807) is 4.90 Å². The van der Waals surface area contributed by atoms with E-state index >= 15 is 0 Å². The molecule has 2 saturated heterocycles. The minimum absolute atomic E-state index is 0.145. The van der Waals surface area contributed by atoms with Crippen molar-refractivity contribution in [1.82, 2.24) is 15.1 Å². The molecule has 0 aromatic heterocycles. The van der Waals surface area contributed by atoms with Crippen LogP contribution in [0.3, 0.4) is 0 Å². The molecule has 0 radical (unpaired) electrons. The maximum atomic E-state index is 12.8. The van der Waals surface area contributed by atoms with E-state index in [1.165, 1.54) is 45.2 Å². The molecule has 160 valence electrons. The molecule has 1 aliphatic carbocycles. The molecule has 2 atom stereocenters. The van der Waals surface area contributed by atoms with Crippen molar-refractivity contribution in [1.29, 1.82) is 0 Å². The fraction of sp³-hybridized carbons (Fsp3) is 0.609. The second kappa shape index (κ2) is 8.02. The number of imide groups is 1. The number of piperidine rings is 2. The van der Waals surface area contributed by atoms with Crippen LogP contribution in [-0.4, -0.2) is 59.3 Å². The van der Waals surface area contributed by atoms with E-state index in [2.05, 4.69) is 10.2 Å². The number of fused-ring (bicyclic) bond motifs is 1. The van der Waals surface area contributed by atoms with Gasteiger partial charge in [0.05, 0.1) is 0 Å². The molecule has 4 aliphatic rings. The molecule has 1 aromatic rings. The summed E-state index contributed by atoms with van der Waals surface area (Å²) in [5.74, 6) is 0.874. The Morgan fingerprint density at radius 1 is 1.07 bits per heavy atom. The van der Waals surface area contributed by atoms with E-state index in [9.17, 15) is 14.4 Å². The van der Waals surface area contributed by atoms with Gasteiger partial charge in [-0.1, -0.05) is 6.42 Å². The summed E-state index contributed by atoms with van der Waals surface area (Å²) in [7, 11) is 0. The zero-order valence-corrected chi connectivity index (χ0v) is 17.3. The predicted octanol–water partition coefficient (Wildman–Crippen LogP) is 2.09. The number of benzene rings is 1. The highest BCUT2D eigenvalue weighted by Crippen LogP contribution is 2.33. The lowest BCUT2D eigenvalue weighted by atomic mass is 10.0. The van der Waals surface area contributed by atoms with E-state index < -0.39 is 6.04 Å². The molecule has 2 unspecified atom stereocenters. The summed E-state index contributed by atoms with van der Waals surface area (Å²) in [6, 6.07) is 5.49. The molecule has 7 heteroatoms. The Hall–Kier alpha value is -2.41. The average Bonchev–Trinajstić information content (AvgIpc) is 3.50. The zero-order valence-electron chi connectivity index (χ0n) is 17.3. The van der Waals surface area contributed by atoms with Gasteiger partial charge < -0.3 is 9.64 Å². The first-order chi connectivity index (χ1) is 14.6. The Morgan fingerprint density at radius 2 is 1.93 bits per heavy atom. The summed E-state index contributed by atoms with van der Waals surface area (Å²) >= 11 is 0. The number of carbonyl (C=O) groups excluding carboxylic acids is 3. The van der Waals surface area contributed by atoms with Gasteiger partial charge in [0.2, 0.25) is 11.8 Å². The fourth-order valence-corrected chi connectivity index (χ4v) is 4.95. The molecular weight excluding hydrogens is 382 g/mol. The van der Waals surface area contributed by atoms with Crippen molar-refractivity contribution in [3.8, 4) is 5.75 Å². The lowest BCUT2D eigenvalue weighted by Gasteiger charge is -2.35. The molecule has 5 rings (SSSR count). The minimum atomic E-state index is -0.579. The monoisotopic (exact) mass is 411 g/mol. The van der Waals surface area contributed by atoms with Gasteiger partial charge in [-0.2, -0.15) is 0 Å². The van der Waals surface area contributed by atoms with Crippen molar-refractivity contribution >= 4 is 17.7 Å². The van der Waals surface area contributed by atoms with E-state index in [-0.39, 0.29) is 24.1 Å². The molecule has 7 nitrogen and oxygen atoms in total. The van der Waals surface area contributed by atoms with Crippen LogP contribution in [0.4, 0.5) is 0 Å². The van der Waals surface area contributed by atoms with Crippen LogP contribution in [0.1, 0.15) is 60.9 Å². The lowest BCUT2D eigenvalue weighted by Crippen LogP contribution is -2.52. The van der Waals surface area contributed by atoms with Crippen LogP contribution in [0.5, 0.6) is 5.75 Å². The molecule has 3 aliphatic heterocycles. The number of amides is 3. The van der Waals surface area contributed by atoms with Crippen LogP contribution in [0, 0.1) is 5.92 Å². The number of ether oxygens (including phenoxy) is 1. The molecule has 3 heterocycles. The van der Waals surface area contributed by atoms with Gasteiger partial charge >= 0.3 is 0 Å². The largest absolute Gasteiger partial charge is 0.492 e. The average molecular weight is 412 g/mol. The quantitative estimate of drug-likeness (QED) is 0.726. The SMILES string of the molecule is O=C1CCC(N2Cc3cc(OCC4CCCCN4CC4CC4)ccc3C2=O)C(=O)N1. The number of hydrogen-bond donors (Lipinski definition) is 1. The molecule has 3 amide bonds. The van der Waals surface area contributed by atoms with Gasteiger partial charge in [-0.15, -0.1) is 0 Å². The number of nitrogens with zero attached hydrogens (tertiary/aromatic N) is 2. The molecule has 1 saturated carbocycles. The van der Waals surface area contributed by atoms with Gasteiger partial charge in [0.15, 0.2) is 0 Å². The first-order valence-electron chi connectivity index (χ1n) is 11.2. The second-order valence-electron chi connectivity index (χ2n) is 9.12. The Balaban J connectivity index is 1.23. The summed E-state index contributed by atoms with van der Waals surface area (Å²) < 4.78 is 6.16. The Bertz CT molecular complexity index is 866. The van der Waals surface area contributed by atoms with Gasteiger partial charge in [-0.3, -0.25) is 24.6 Å². The number of carbonyl (C=O) groups is 3. The Morgan fingerprint density at radius 3 is 2.73 bits per heavy atom. The number of rotatable bonds is 6. The molecule has 1 aromatic carbocycles. The topological polar surface area (TPSA) is 79.0 Å². The Kier molecular flexibility index (Phi) is 5.23. The highest BCUT2D eigenvalue weighted by molar-refractivity contribution is 6.05. The Labute approximate surface area is 176 Å². The third-order valence-corrected chi connectivity index (χ3v) is 6.88. The maximum absolute atomic E-state index is 12.8. The van der Waals surface area contributed by atoms with Gasteiger partial charge in [0, 0.05) is 31.1 Å². The molecule has 1 N–H and O–H groups in total. The fourth-order valence-electron chi connectivity index (χ4n) is 4.95. The van der Waals surface area contributed by atoms with E-state index in [1.807, 2.05) is 18.2 Å². The minimum Gasteiger partial charge on any atom is -0.492 e. The standard InChI is InChI=1S/C23H29N3O4/c27-21-9-8-20(22(28)24-21)26-13-16-11-18(6-7-19(16)23(26)29)30-14-17-3-1-2-10-25(17)12-15-4-5-15/h6-7,11,15,17,20H,1-5,8-10,12-14H2,(H,24,27,28). The van der Waals surface area contributed by atoms with E-state index in [4.69, 9.17) is 4.74 Å². The van der Waals surface area contributed by atoms with Crippen molar-refractivity contribution in [2.45, 2.75) is 63.6 Å². The first kappa shape index (κ1) is 19.5. The first-order valence-corrected chi connectivity index (χ1v) is 11.2. The third kappa shape index (κ3) is 3.95. The van der Waals surface area contributed by atoms with Crippen molar-refractivity contribution in [2.75, 3.05) is 19.7 Å². The predicted molar refractivity (Wildman–Crippen MR) is 110 cm³/mol. The molecular formula is C23H29N3O4. The van der Waals surface area contributed by atoms with Crippen LogP contribution >= 0.6 is 0 Å². The van der Waals surface area contributed by atoms with Gasteiger partial charge in [0.1, 0.15) is 18.4 Å². The number of likely N-dealkylation sites (tertiary alicyclic amines) is 1.